The first-order valence-electron chi connectivity index (χ1n) is 3.62. The van der Waals surface area contributed by atoms with E-state index in [4.69, 9.17) is 5.73 Å². The predicted octanol–water partition coefficient (Wildman–Crippen LogP) is 3.40. The van der Waals surface area contributed by atoms with E-state index in [2.05, 4.69) is 47.0 Å². The summed E-state index contributed by atoms with van der Waals surface area (Å²) in [5.74, 6) is 0. The Balaban J connectivity index is 2.94. The molecule has 2 N–H and O–H groups in total. The van der Waals surface area contributed by atoms with Crippen LogP contribution in [0.4, 0.5) is 5.69 Å². The molecular formula is C9H8INS. The first kappa shape index (κ1) is 8.31. The van der Waals surface area contributed by atoms with Gasteiger partial charge in [-0.1, -0.05) is 0 Å². The van der Waals surface area contributed by atoms with E-state index in [9.17, 15) is 0 Å². The van der Waals surface area contributed by atoms with Gasteiger partial charge in [-0.3, -0.25) is 0 Å². The highest BCUT2D eigenvalue weighted by atomic mass is 127. The van der Waals surface area contributed by atoms with Crippen molar-refractivity contribution < 1.29 is 0 Å². The Kier molecular flexibility index (Phi) is 2.00. The smallest absolute Gasteiger partial charge is 0.0540 e. The number of nitrogens with two attached hydrogens (primary N) is 1. The lowest BCUT2D eigenvalue weighted by molar-refractivity contribution is 1.49. The number of hydrogen-bond acceptors (Lipinski definition) is 2. The fourth-order valence-corrected chi connectivity index (χ4v) is 3.16. The number of halogens is 1. The average molecular weight is 289 g/mol. The van der Waals surface area contributed by atoms with Gasteiger partial charge in [0.15, 0.2) is 0 Å². The summed E-state index contributed by atoms with van der Waals surface area (Å²) in [4.78, 5) is 0. The minimum atomic E-state index is 0.922. The Morgan fingerprint density at radius 1 is 1.50 bits per heavy atom. The molecule has 0 spiro atoms. The normalized spacial score (nSPS) is 10.8. The SMILES string of the molecule is Cc1cc2ccsc2c(I)c1N. The Hall–Kier alpha value is -0.290. The van der Waals surface area contributed by atoms with Crippen LogP contribution in [0.5, 0.6) is 0 Å². The molecule has 2 rings (SSSR count). The van der Waals surface area contributed by atoms with E-state index in [0.29, 0.717) is 0 Å². The zero-order valence-electron chi connectivity index (χ0n) is 6.60. The van der Waals surface area contributed by atoms with Crippen LogP contribution >= 0.6 is 33.9 Å². The van der Waals surface area contributed by atoms with Crippen LogP contribution in [0.2, 0.25) is 0 Å². The summed E-state index contributed by atoms with van der Waals surface area (Å²) in [6.07, 6.45) is 0. The summed E-state index contributed by atoms with van der Waals surface area (Å²) >= 11 is 4.06. The van der Waals surface area contributed by atoms with Gasteiger partial charge in [-0.05, 0) is 58.0 Å². The Labute approximate surface area is 88.7 Å². The van der Waals surface area contributed by atoms with Crippen LogP contribution in [0.1, 0.15) is 5.56 Å². The van der Waals surface area contributed by atoms with Gasteiger partial charge in [-0.2, -0.15) is 0 Å². The van der Waals surface area contributed by atoms with Gasteiger partial charge in [-0.15, -0.1) is 11.3 Å². The molecule has 0 aliphatic carbocycles. The number of nitrogen functional groups attached to an aromatic ring is 1. The maximum atomic E-state index is 5.91. The molecule has 1 nitrogen and oxygen atoms in total. The molecule has 0 amide bonds. The van der Waals surface area contributed by atoms with Crippen molar-refractivity contribution in [2.45, 2.75) is 6.92 Å². The molecular weight excluding hydrogens is 281 g/mol. The van der Waals surface area contributed by atoms with Crippen LogP contribution in [0.25, 0.3) is 10.1 Å². The van der Waals surface area contributed by atoms with Gasteiger partial charge < -0.3 is 5.73 Å². The fourth-order valence-electron chi connectivity index (χ4n) is 1.22. The number of rotatable bonds is 0. The second-order valence-electron chi connectivity index (χ2n) is 2.76. The molecule has 0 saturated carbocycles. The highest BCUT2D eigenvalue weighted by Gasteiger charge is 2.05. The maximum Gasteiger partial charge on any atom is 0.0540 e. The van der Waals surface area contributed by atoms with E-state index in [1.807, 2.05) is 0 Å². The number of fused-ring (bicyclic) bond motifs is 1. The third kappa shape index (κ3) is 1.11. The van der Waals surface area contributed by atoms with Crippen molar-refractivity contribution in [3.63, 3.8) is 0 Å². The van der Waals surface area contributed by atoms with Crippen molar-refractivity contribution in [3.8, 4) is 0 Å². The molecule has 1 aromatic heterocycles. The highest BCUT2D eigenvalue weighted by Crippen LogP contribution is 2.32. The summed E-state index contributed by atoms with van der Waals surface area (Å²) in [5.41, 5.74) is 8.00. The van der Waals surface area contributed by atoms with E-state index < -0.39 is 0 Å². The fraction of sp³-hybridized carbons (Fsp3) is 0.111. The quantitative estimate of drug-likeness (QED) is 0.584. The van der Waals surface area contributed by atoms with Gasteiger partial charge in [0.25, 0.3) is 0 Å². The molecule has 2 aromatic rings. The van der Waals surface area contributed by atoms with Crippen molar-refractivity contribution in [1.82, 2.24) is 0 Å². The molecule has 1 aromatic carbocycles. The third-order valence-electron chi connectivity index (χ3n) is 1.93. The van der Waals surface area contributed by atoms with Gasteiger partial charge in [0, 0.05) is 10.4 Å². The zero-order chi connectivity index (χ0) is 8.72. The second kappa shape index (κ2) is 2.88. The highest BCUT2D eigenvalue weighted by molar-refractivity contribution is 14.1. The molecule has 0 unspecified atom stereocenters. The average Bonchev–Trinajstić information content (AvgIpc) is 2.48. The summed E-state index contributed by atoms with van der Waals surface area (Å²) in [6.45, 7) is 2.05. The molecule has 0 aliphatic rings. The Morgan fingerprint density at radius 3 is 3.00 bits per heavy atom. The topological polar surface area (TPSA) is 26.0 Å². The molecule has 0 fully saturated rings. The molecule has 62 valence electrons. The standard InChI is InChI=1S/C9H8INS/c1-5-4-6-2-3-12-9(6)7(10)8(5)11/h2-4H,11H2,1H3. The Bertz CT molecular complexity index is 433. The number of anilines is 1. The molecule has 1 heterocycles. The minimum absolute atomic E-state index is 0.922. The van der Waals surface area contributed by atoms with Crippen LogP contribution in [-0.2, 0) is 0 Å². The molecule has 3 heteroatoms. The van der Waals surface area contributed by atoms with Crippen molar-refractivity contribution in [1.29, 1.82) is 0 Å². The minimum Gasteiger partial charge on any atom is -0.398 e. The summed E-state index contributed by atoms with van der Waals surface area (Å²) < 4.78 is 2.50. The second-order valence-corrected chi connectivity index (χ2v) is 4.75. The van der Waals surface area contributed by atoms with Crippen LogP contribution in [0.3, 0.4) is 0 Å². The molecule has 0 aliphatic heterocycles. The number of thiophene rings is 1. The van der Waals surface area contributed by atoms with Gasteiger partial charge in [-0.25, -0.2) is 0 Å². The van der Waals surface area contributed by atoms with Crippen molar-refractivity contribution in [2.24, 2.45) is 0 Å². The number of hydrogen-bond donors (Lipinski definition) is 1. The van der Waals surface area contributed by atoms with Gasteiger partial charge in [0.05, 0.1) is 3.57 Å². The zero-order valence-corrected chi connectivity index (χ0v) is 9.57. The molecule has 0 atom stereocenters. The van der Waals surface area contributed by atoms with Crippen LogP contribution in [0, 0.1) is 10.5 Å². The summed E-state index contributed by atoms with van der Waals surface area (Å²) in [6, 6.07) is 4.28. The predicted molar refractivity (Wildman–Crippen MR) is 63.7 cm³/mol. The first-order chi connectivity index (χ1) is 5.70. The van der Waals surface area contributed by atoms with E-state index in [-0.39, 0.29) is 0 Å². The number of aryl methyl sites for hydroxylation is 1. The third-order valence-corrected chi connectivity index (χ3v) is 4.36. The van der Waals surface area contributed by atoms with E-state index in [1.54, 1.807) is 11.3 Å². The summed E-state index contributed by atoms with van der Waals surface area (Å²) in [5, 5.41) is 3.40. The van der Waals surface area contributed by atoms with Crippen molar-refractivity contribution in [2.75, 3.05) is 5.73 Å². The van der Waals surface area contributed by atoms with Crippen molar-refractivity contribution >= 4 is 49.7 Å². The molecule has 0 radical (unpaired) electrons. The lowest BCUT2D eigenvalue weighted by atomic mass is 10.1. The number of benzene rings is 1. The largest absolute Gasteiger partial charge is 0.398 e. The molecule has 12 heavy (non-hydrogen) atoms. The first-order valence-corrected chi connectivity index (χ1v) is 5.58. The van der Waals surface area contributed by atoms with E-state index >= 15 is 0 Å². The van der Waals surface area contributed by atoms with Gasteiger partial charge >= 0.3 is 0 Å². The van der Waals surface area contributed by atoms with E-state index in [0.717, 1.165) is 5.69 Å². The van der Waals surface area contributed by atoms with Crippen LogP contribution in [0.15, 0.2) is 17.5 Å². The van der Waals surface area contributed by atoms with Crippen molar-refractivity contribution in [3.05, 3.63) is 26.6 Å². The van der Waals surface area contributed by atoms with Crippen LogP contribution in [-0.4, -0.2) is 0 Å². The summed E-state index contributed by atoms with van der Waals surface area (Å²) in [7, 11) is 0. The lowest BCUT2D eigenvalue weighted by Gasteiger charge is -2.03. The van der Waals surface area contributed by atoms with Crippen LogP contribution < -0.4 is 5.73 Å². The molecule has 0 bridgehead atoms. The monoisotopic (exact) mass is 289 g/mol. The van der Waals surface area contributed by atoms with Gasteiger partial charge in [0.2, 0.25) is 0 Å². The van der Waals surface area contributed by atoms with Gasteiger partial charge in [0.1, 0.15) is 0 Å². The lowest BCUT2D eigenvalue weighted by Crippen LogP contribution is -1.92. The molecule has 0 saturated heterocycles. The van der Waals surface area contributed by atoms with E-state index in [1.165, 1.54) is 19.2 Å². The maximum absolute atomic E-state index is 5.91. The Morgan fingerprint density at radius 2 is 2.25 bits per heavy atom.